The summed E-state index contributed by atoms with van der Waals surface area (Å²) >= 11 is 0. The number of aliphatic hydroxyl groups excluding tert-OH is 1. The maximum atomic E-state index is 11.1. The Hall–Kier alpha value is -3.09. The van der Waals surface area contributed by atoms with E-state index in [1.54, 1.807) is 0 Å². The third kappa shape index (κ3) is 9.71. The number of hydrogen-bond donors (Lipinski definition) is 1. The Morgan fingerprint density at radius 3 is 1.62 bits per heavy atom. The third-order valence-electron chi connectivity index (χ3n) is 6.66. The SMILES string of the molecule is CC(=O)OCC1OC(O)C(N=[N+]=[N-])[C@@H](C)[C@@H]1C.CC(=O)OCC1OC(OC(C)=O)C(N=[N+]=[N-])[C@@H](C)[C@@H]1C. The van der Waals surface area contributed by atoms with E-state index >= 15 is 0 Å². The lowest BCUT2D eigenvalue weighted by atomic mass is 9.82. The second kappa shape index (κ2) is 15.2. The highest BCUT2D eigenvalue weighted by atomic mass is 16.7. The van der Waals surface area contributed by atoms with Gasteiger partial charge in [0.1, 0.15) is 19.3 Å². The smallest absolute Gasteiger partial charge is 0.304 e. The van der Waals surface area contributed by atoms with Gasteiger partial charge in [0.15, 0.2) is 6.29 Å². The van der Waals surface area contributed by atoms with Gasteiger partial charge in [0.2, 0.25) is 6.29 Å². The lowest BCUT2D eigenvalue weighted by molar-refractivity contribution is -0.234. The standard InChI is InChI=1S/C12H19N3O5.C10H17N3O4/c1-6-7(2)11(14-15-13)12(19-9(4)17)20-10(6)5-18-8(3)16;1-5-6(2)9(12-13-11)10(15)17-8(5)4-16-7(3)14/h6-7,10-12H,5H2,1-4H3;5-6,8-10,15H,4H2,1-3H3/t6-,7-,10?,11?,12?;5-,6-,8?,9?,10?/m00/s1. The summed E-state index contributed by atoms with van der Waals surface area (Å²) < 4.78 is 25.8. The van der Waals surface area contributed by atoms with Crippen molar-refractivity contribution in [3.05, 3.63) is 20.9 Å². The van der Waals surface area contributed by atoms with E-state index in [0.29, 0.717) is 0 Å². The topological polar surface area (TPSA) is 215 Å². The van der Waals surface area contributed by atoms with E-state index in [2.05, 4.69) is 20.1 Å². The Bertz CT molecular complexity index is 892. The highest BCUT2D eigenvalue weighted by molar-refractivity contribution is 5.66. The van der Waals surface area contributed by atoms with E-state index in [9.17, 15) is 19.5 Å². The molecule has 0 bridgehead atoms. The van der Waals surface area contributed by atoms with Gasteiger partial charge in [0.05, 0.1) is 18.2 Å². The zero-order valence-corrected chi connectivity index (χ0v) is 22.1. The molecule has 15 heteroatoms. The second-order valence-corrected chi connectivity index (χ2v) is 9.15. The number of aliphatic hydroxyl groups is 1. The van der Waals surface area contributed by atoms with Crippen LogP contribution in [-0.2, 0) is 38.1 Å². The van der Waals surface area contributed by atoms with Crippen LogP contribution in [0.2, 0.25) is 0 Å². The summed E-state index contributed by atoms with van der Waals surface area (Å²) in [4.78, 5) is 38.2. The van der Waals surface area contributed by atoms with Crippen LogP contribution in [-0.4, -0.2) is 73.1 Å². The van der Waals surface area contributed by atoms with Crippen LogP contribution in [0.3, 0.4) is 0 Å². The molecule has 2 fully saturated rings. The fraction of sp³-hybridized carbons (Fsp3) is 0.864. The van der Waals surface area contributed by atoms with Gasteiger partial charge >= 0.3 is 17.9 Å². The minimum absolute atomic E-state index is 0.0170. The molecule has 0 aromatic carbocycles. The number of esters is 3. The molecular formula is C22H36N6O9. The Kier molecular flexibility index (Phi) is 13.1. The molecule has 2 heterocycles. The molecule has 2 saturated heterocycles. The number of ether oxygens (including phenoxy) is 5. The first-order chi connectivity index (χ1) is 17.3. The van der Waals surface area contributed by atoms with Gasteiger partial charge in [0, 0.05) is 30.6 Å². The minimum atomic E-state index is -1.15. The van der Waals surface area contributed by atoms with Gasteiger partial charge in [-0.15, -0.1) is 0 Å². The molecule has 15 nitrogen and oxygen atoms in total. The molecule has 37 heavy (non-hydrogen) atoms. The van der Waals surface area contributed by atoms with E-state index in [4.69, 9.17) is 34.7 Å². The average Bonchev–Trinajstić information content (AvgIpc) is 2.82. The normalized spacial score (nSPS) is 34.8. The molecule has 6 unspecified atom stereocenters. The summed E-state index contributed by atoms with van der Waals surface area (Å²) in [5, 5.41) is 16.9. The highest BCUT2D eigenvalue weighted by Gasteiger charge is 2.43. The summed E-state index contributed by atoms with van der Waals surface area (Å²) in [5.41, 5.74) is 17.0. The Morgan fingerprint density at radius 1 is 0.757 bits per heavy atom. The third-order valence-corrected chi connectivity index (χ3v) is 6.66. The van der Waals surface area contributed by atoms with E-state index in [1.165, 1.54) is 20.8 Å². The van der Waals surface area contributed by atoms with Gasteiger partial charge in [-0.1, -0.05) is 37.9 Å². The number of rotatable bonds is 7. The van der Waals surface area contributed by atoms with Crippen molar-refractivity contribution < 1.29 is 43.2 Å². The van der Waals surface area contributed by atoms with E-state index in [0.717, 1.165) is 0 Å². The molecule has 1 N–H and O–H groups in total. The molecule has 0 spiro atoms. The summed E-state index contributed by atoms with van der Waals surface area (Å²) in [6, 6.07) is -1.21. The second-order valence-electron chi connectivity index (χ2n) is 9.15. The zero-order valence-electron chi connectivity index (χ0n) is 22.1. The highest BCUT2D eigenvalue weighted by Crippen LogP contribution is 2.34. The fourth-order valence-corrected chi connectivity index (χ4v) is 4.05. The van der Waals surface area contributed by atoms with Crippen molar-refractivity contribution in [3.8, 4) is 0 Å². The molecule has 2 aliphatic heterocycles. The van der Waals surface area contributed by atoms with Crippen molar-refractivity contribution in [2.45, 2.75) is 85.3 Å². The van der Waals surface area contributed by atoms with Crippen molar-refractivity contribution in [1.29, 1.82) is 0 Å². The first kappa shape index (κ1) is 31.9. The van der Waals surface area contributed by atoms with Crippen LogP contribution >= 0.6 is 0 Å². The summed E-state index contributed by atoms with van der Waals surface area (Å²) in [7, 11) is 0. The quantitative estimate of drug-likeness (QED) is 0.169. The lowest BCUT2D eigenvalue weighted by Crippen LogP contribution is -2.51. The maximum absolute atomic E-state index is 11.1. The number of azide groups is 2. The molecular weight excluding hydrogens is 492 g/mol. The summed E-state index contributed by atoms with van der Waals surface area (Å²) in [5.74, 6) is -1.44. The van der Waals surface area contributed by atoms with Gasteiger partial charge in [-0.2, -0.15) is 0 Å². The molecule has 2 rings (SSSR count). The van der Waals surface area contributed by atoms with Crippen molar-refractivity contribution in [2.75, 3.05) is 13.2 Å². The van der Waals surface area contributed by atoms with Gasteiger partial charge in [0.25, 0.3) is 0 Å². The van der Waals surface area contributed by atoms with Crippen molar-refractivity contribution in [3.63, 3.8) is 0 Å². The van der Waals surface area contributed by atoms with E-state index in [1.807, 2.05) is 27.7 Å². The average molecular weight is 529 g/mol. The molecule has 10 atom stereocenters. The monoisotopic (exact) mass is 528 g/mol. The van der Waals surface area contributed by atoms with Crippen LogP contribution in [0.25, 0.3) is 20.9 Å². The molecule has 0 aromatic heterocycles. The number of carbonyl (C=O) groups is 3. The van der Waals surface area contributed by atoms with Gasteiger partial charge < -0.3 is 28.8 Å². The molecule has 208 valence electrons. The zero-order chi connectivity index (χ0) is 28.3. The largest absolute Gasteiger partial charge is 0.463 e. The molecule has 0 radical (unpaired) electrons. The lowest BCUT2D eigenvalue weighted by Gasteiger charge is -2.41. The van der Waals surface area contributed by atoms with E-state index < -0.39 is 42.7 Å². The van der Waals surface area contributed by atoms with Crippen LogP contribution in [0.15, 0.2) is 10.2 Å². The molecule has 2 aliphatic rings. The van der Waals surface area contributed by atoms with Gasteiger partial charge in [-0.25, -0.2) is 0 Å². The van der Waals surface area contributed by atoms with E-state index in [-0.39, 0.29) is 49.0 Å². The Balaban J connectivity index is 0.000000375. The predicted molar refractivity (Wildman–Crippen MR) is 127 cm³/mol. The number of nitrogens with zero attached hydrogens (tertiary/aromatic N) is 6. The van der Waals surface area contributed by atoms with Gasteiger partial charge in [-0.05, 0) is 34.7 Å². The Labute approximate surface area is 215 Å². The van der Waals surface area contributed by atoms with Crippen molar-refractivity contribution >= 4 is 17.9 Å². The molecule has 0 aromatic rings. The minimum Gasteiger partial charge on any atom is -0.463 e. The number of hydrogen-bond acceptors (Lipinski definition) is 11. The first-order valence-electron chi connectivity index (χ1n) is 11.8. The van der Waals surface area contributed by atoms with Crippen LogP contribution in [0, 0.1) is 23.7 Å². The molecule has 0 aliphatic carbocycles. The van der Waals surface area contributed by atoms with Crippen molar-refractivity contribution in [2.24, 2.45) is 33.9 Å². The Morgan fingerprint density at radius 2 is 1.19 bits per heavy atom. The van der Waals surface area contributed by atoms with Crippen molar-refractivity contribution in [1.82, 2.24) is 0 Å². The first-order valence-corrected chi connectivity index (χ1v) is 11.8. The van der Waals surface area contributed by atoms with Crippen LogP contribution in [0.1, 0.15) is 48.5 Å². The van der Waals surface area contributed by atoms with Crippen LogP contribution in [0.4, 0.5) is 0 Å². The maximum Gasteiger partial charge on any atom is 0.304 e. The molecule has 0 saturated carbocycles. The summed E-state index contributed by atoms with van der Waals surface area (Å²) in [6.45, 7) is 11.6. The van der Waals surface area contributed by atoms with Gasteiger partial charge in [-0.3, -0.25) is 14.4 Å². The molecule has 0 amide bonds. The summed E-state index contributed by atoms with van der Waals surface area (Å²) in [6.07, 6.45) is -2.91. The predicted octanol–water partition coefficient (Wildman–Crippen LogP) is 3.01. The fourth-order valence-electron chi connectivity index (χ4n) is 4.05. The number of carbonyl (C=O) groups excluding carboxylic acids is 3. The van der Waals surface area contributed by atoms with Crippen LogP contribution in [0.5, 0.6) is 0 Å². The van der Waals surface area contributed by atoms with Crippen LogP contribution < -0.4 is 0 Å².